The predicted molar refractivity (Wildman–Crippen MR) is 57.3 cm³/mol. The molecule has 1 saturated heterocycles. The molecular weight excluding hydrogens is 218 g/mol. The van der Waals surface area contributed by atoms with Gasteiger partial charge in [0.1, 0.15) is 6.04 Å². The number of thiol groups is 1. The quantitative estimate of drug-likeness (QED) is 0.596. The Kier molecular flexibility index (Phi) is 4.41. The molecule has 0 amide bonds. The zero-order chi connectivity index (χ0) is 11.4. The number of likely N-dealkylation sites (tertiary alicyclic amines) is 1. The molecule has 0 saturated carbocycles. The van der Waals surface area contributed by atoms with E-state index in [4.69, 9.17) is 10.2 Å². The third-order valence-corrected chi connectivity index (χ3v) is 2.97. The van der Waals surface area contributed by atoms with Crippen molar-refractivity contribution in [3.8, 4) is 0 Å². The molecule has 0 aromatic heterocycles. The van der Waals surface area contributed by atoms with Crippen molar-refractivity contribution in [1.29, 1.82) is 0 Å². The second kappa shape index (κ2) is 5.37. The van der Waals surface area contributed by atoms with Crippen LogP contribution in [0.4, 0.5) is 0 Å². The highest BCUT2D eigenvalue weighted by atomic mass is 32.1. The maximum atomic E-state index is 10.9. The molecule has 1 aliphatic heterocycles. The van der Waals surface area contributed by atoms with Crippen LogP contribution in [0.2, 0.25) is 0 Å². The number of rotatable bonds is 5. The molecule has 86 valence electrons. The lowest BCUT2D eigenvalue weighted by molar-refractivity contribution is -0.145. The fourth-order valence-electron chi connectivity index (χ4n) is 2.06. The minimum absolute atomic E-state index is 0.0414. The lowest BCUT2D eigenvalue weighted by Gasteiger charge is -2.25. The first-order valence-electron chi connectivity index (χ1n) is 4.87. The second-order valence-electron chi connectivity index (χ2n) is 3.66. The summed E-state index contributed by atoms with van der Waals surface area (Å²) in [6.45, 7) is -0.199. The molecule has 5 nitrogen and oxygen atoms in total. The van der Waals surface area contributed by atoms with Crippen LogP contribution in [0.15, 0.2) is 0 Å². The predicted octanol–water partition coefficient (Wildman–Crippen LogP) is 0.308. The molecule has 2 atom stereocenters. The fourth-order valence-corrected chi connectivity index (χ4v) is 2.35. The van der Waals surface area contributed by atoms with E-state index in [0.29, 0.717) is 12.2 Å². The highest BCUT2D eigenvalue weighted by Crippen LogP contribution is 2.26. The lowest BCUT2D eigenvalue weighted by Crippen LogP contribution is -2.43. The van der Waals surface area contributed by atoms with Crippen LogP contribution in [-0.2, 0) is 9.59 Å². The average Bonchev–Trinajstić information content (AvgIpc) is 2.48. The molecule has 1 rings (SSSR count). The normalized spacial score (nSPS) is 26.7. The molecule has 0 aliphatic carbocycles. The zero-order valence-corrected chi connectivity index (χ0v) is 9.19. The van der Waals surface area contributed by atoms with Crippen molar-refractivity contribution < 1.29 is 19.8 Å². The first-order chi connectivity index (χ1) is 7.06. The number of carboxylic acid groups (broad SMARTS) is 2. The molecule has 2 N–H and O–H groups in total. The van der Waals surface area contributed by atoms with Gasteiger partial charge in [-0.05, 0) is 25.0 Å². The molecule has 0 spiro atoms. The highest BCUT2D eigenvalue weighted by Gasteiger charge is 2.38. The smallest absolute Gasteiger partial charge is 0.320 e. The van der Waals surface area contributed by atoms with E-state index in [-0.39, 0.29) is 12.6 Å². The van der Waals surface area contributed by atoms with Crippen LogP contribution in [0.1, 0.15) is 19.3 Å². The summed E-state index contributed by atoms with van der Waals surface area (Å²) in [4.78, 5) is 23.1. The van der Waals surface area contributed by atoms with Gasteiger partial charge in [-0.15, -0.1) is 0 Å². The number of hydrogen-bond acceptors (Lipinski definition) is 4. The van der Waals surface area contributed by atoms with Gasteiger partial charge in [0.25, 0.3) is 0 Å². The van der Waals surface area contributed by atoms with Gasteiger partial charge in [0.15, 0.2) is 0 Å². The molecule has 2 unspecified atom stereocenters. The van der Waals surface area contributed by atoms with Gasteiger partial charge < -0.3 is 10.2 Å². The van der Waals surface area contributed by atoms with Crippen molar-refractivity contribution in [3.05, 3.63) is 0 Å². The van der Waals surface area contributed by atoms with Gasteiger partial charge in [0, 0.05) is 6.04 Å². The van der Waals surface area contributed by atoms with Crippen molar-refractivity contribution in [2.24, 2.45) is 0 Å². The van der Waals surface area contributed by atoms with E-state index in [1.54, 1.807) is 4.90 Å². The van der Waals surface area contributed by atoms with Crippen LogP contribution in [0.25, 0.3) is 0 Å². The number of hydrogen-bond donors (Lipinski definition) is 3. The summed E-state index contributed by atoms with van der Waals surface area (Å²) >= 11 is 4.09. The summed E-state index contributed by atoms with van der Waals surface area (Å²) in [6.07, 6.45) is 2.01. The third-order valence-electron chi connectivity index (χ3n) is 2.71. The van der Waals surface area contributed by atoms with Gasteiger partial charge in [-0.1, -0.05) is 0 Å². The van der Waals surface area contributed by atoms with Gasteiger partial charge in [-0.3, -0.25) is 14.5 Å². The number of nitrogens with zero attached hydrogens (tertiary/aromatic N) is 1. The third kappa shape index (κ3) is 3.10. The monoisotopic (exact) mass is 233 g/mol. The first-order valence-corrected chi connectivity index (χ1v) is 5.50. The van der Waals surface area contributed by atoms with Gasteiger partial charge >= 0.3 is 11.9 Å². The molecule has 6 heteroatoms. The van der Waals surface area contributed by atoms with Crippen LogP contribution in [0.3, 0.4) is 0 Å². The molecule has 0 bridgehead atoms. The lowest BCUT2D eigenvalue weighted by atomic mass is 10.1. The summed E-state index contributed by atoms with van der Waals surface area (Å²) in [5.74, 6) is -1.27. The standard InChI is InChI=1S/C9H15NO4S/c11-8(12)5-10-6(3-4-15)1-2-7(10)9(13)14/h6-7,15H,1-5H2,(H,11,12)(H,13,14). The summed E-state index contributed by atoms with van der Waals surface area (Å²) in [5, 5.41) is 17.6. The average molecular weight is 233 g/mol. The zero-order valence-electron chi connectivity index (χ0n) is 8.30. The van der Waals surface area contributed by atoms with Crippen LogP contribution in [-0.4, -0.2) is 51.4 Å². The maximum Gasteiger partial charge on any atom is 0.320 e. The Morgan fingerprint density at radius 3 is 2.47 bits per heavy atom. The van der Waals surface area contributed by atoms with Crippen molar-refractivity contribution >= 4 is 24.6 Å². The van der Waals surface area contributed by atoms with E-state index >= 15 is 0 Å². The first kappa shape index (κ1) is 12.3. The van der Waals surface area contributed by atoms with E-state index in [9.17, 15) is 9.59 Å². The molecule has 0 aromatic rings. The van der Waals surface area contributed by atoms with Crippen molar-refractivity contribution in [2.45, 2.75) is 31.3 Å². The number of carboxylic acids is 2. The molecule has 1 fully saturated rings. The van der Waals surface area contributed by atoms with Gasteiger partial charge in [-0.2, -0.15) is 12.6 Å². The van der Waals surface area contributed by atoms with Crippen molar-refractivity contribution in [1.82, 2.24) is 4.90 Å². The topological polar surface area (TPSA) is 77.8 Å². The maximum absolute atomic E-state index is 10.9. The van der Waals surface area contributed by atoms with Crippen LogP contribution in [0.5, 0.6) is 0 Å². The van der Waals surface area contributed by atoms with Crippen LogP contribution >= 0.6 is 12.6 Å². The van der Waals surface area contributed by atoms with E-state index < -0.39 is 18.0 Å². The number of aliphatic carboxylic acids is 2. The molecule has 15 heavy (non-hydrogen) atoms. The highest BCUT2D eigenvalue weighted by molar-refractivity contribution is 7.80. The summed E-state index contributed by atoms with van der Waals surface area (Å²) in [7, 11) is 0. The molecule has 1 aliphatic rings. The fraction of sp³-hybridized carbons (Fsp3) is 0.778. The Morgan fingerprint density at radius 2 is 2.00 bits per heavy atom. The van der Waals surface area contributed by atoms with Crippen molar-refractivity contribution in [2.75, 3.05) is 12.3 Å². The molecule has 0 aromatic carbocycles. The van der Waals surface area contributed by atoms with E-state index in [0.717, 1.165) is 12.8 Å². The minimum atomic E-state index is -0.979. The van der Waals surface area contributed by atoms with Crippen molar-refractivity contribution in [3.63, 3.8) is 0 Å². The Bertz CT molecular complexity index is 258. The number of carbonyl (C=O) groups is 2. The van der Waals surface area contributed by atoms with Gasteiger partial charge in [0.05, 0.1) is 6.54 Å². The molecular formula is C9H15NO4S. The molecule has 0 radical (unpaired) electrons. The van der Waals surface area contributed by atoms with Crippen LogP contribution in [0, 0.1) is 0 Å². The van der Waals surface area contributed by atoms with E-state index in [2.05, 4.69) is 12.6 Å². The Hall–Kier alpha value is -0.750. The Balaban J connectivity index is 2.68. The largest absolute Gasteiger partial charge is 0.480 e. The minimum Gasteiger partial charge on any atom is -0.480 e. The van der Waals surface area contributed by atoms with Gasteiger partial charge in [0.2, 0.25) is 0 Å². The summed E-state index contributed by atoms with van der Waals surface area (Å²) in [6, 6.07) is -0.606. The summed E-state index contributed by atoms with van der Waals surface area (Å²) in [5.41, 5.74) is 0. The summed E-state index contributed by atoms with van der Waals surface area (Å²) < 4.78 is 0. The second-order valence-corrected chi connectivity index (χ2v) is 4.11. The SMILES string of the molecule is O=C(O)CN1C(CCS)CCC1C(=O)O. The van der Waals surface area contributed by atoms with Gasteiger partial charge in [-0.25, -0.2) is 0 Å². The van der Waals surface area contributed by atoms with E-state index in [1.165, 1.54) is 0 Å². The molecule has 1 heterocycles. The van der Waals surface area contributed by atoms with Crippen LogP contribution < -0.4 is 0 Å². The van der Waals surface area contributed by atoms with E-state index in [1.807, 2.05) is 0 Å². The Labute approximate surface area is 93.5 Å². The Morgan fingerprint density at radius 1 is 1.33 bits per heavy atom.